The van der Waals surface area contributed by atoms with Crippen molar-refractivity contribution in [3.8, 4) is 0 Å². The Morgan fingerprint density at radius 1 is 1.30 bits per heavy atom. The molecule has 1 aliphatic rings. The zero-order valence-corrected chi connectivity index (χ0v) is 16.8. The van der Waals surface area contributed by atoms with E-state index in [1.807, 2.05) is 5.38 Å². The van der Waals surface area contributed by atoms with Crippen LogP contribution in [0.1, 0.15) is 24.1 Å². The van der Waals surface area contributed by atoms with Crippen LogP contribution in [0.3, 0.4) is 0 Å². The van der Waals surface area contributed by atoms with Crippen molar-refractivity contribution < 1.29 is 4.79 Å². The maximum Gasteiger partial charge on any atom is 0.221 e. The summed E-state index contributed by atoms with van der Waals surface area (Å²) < 4.78 is 0. The van der Waals surface area contributed by atoms with Gasteiger partial charge in [0.1, 0.15) is 0 Å². The quantitative estimate of drug-likeness (QED) is 0.680. The number of aryl methyl sites for hydroxylation is 2. The molecule has 0 aliphatic carbocycles. The molecule has 1 amide bonds. The van der Waals surface area contributed by atoms with Gasteiger partial charge in [0.2, 0.25) is 5.91 Å². The molecule has 6 nitrogen and oxygen atoms in total. The fourth-order valence-corrected chi connectivity index (χ4v) is 3.93. The average molecular weight is 388 g/mol. The normalized spacial score (nSPS) is 15.1. The van der Waals surface area contributed by atoms with E-state index in [0.717, 1.165) is 51.3 Å². The number of nitrogen functional groups attached to an aromatic ring is 1. The van der Waals surface area contributed by atoms with Crippen LogP contribution in [-0.4, -0.2) is 55.1 Å². The first kappa shape index (κ1) is 19.6. The van der Waals surface area contributed by atoms with Gasteiger partial charge in [0.25, 0.3) is 0 Å². The second-order valence-corrected chi connectivity index (χ2v) is 7.94. The van der Waals surface area contributed by atoms with E-state index in [9.17, 15) is 4.79 Å². The van der Waals surface area contributed by atoms with Gasteiger partial charge >= 0.3 is 0 Å². The number of benzene rings is 1. The SMILES string of the molecule is Cc1cccc(N2CCN(CCC(=O)NCCCc3csc(N)n3)CC2)c1. The highest BCUT2D eigenvalue weighted by Gasteiger charge is 2.17. The highest BCUT2D eigenvalue weighted by atomic mass is 32.1. The second-order valence-electron chi connectivity index (χ2n) is 7.05. The van der Waals surface area contributed by atoms with Gasteiger partial charge < -0.3 is 16.0 Å². The van der Waals surface area contributed by atoms with Crippen LogP contribution in [-0.2, 0) is 11.2 Å². The minimum Gasteiger partial charge on any atom is -0.375 e. The number of anilines is 2. The third-order valence-electron chi connectivity index (χ3n) is 4.90. The third-order valence-corrected chi connectivity index (χ3v) is 5.62. The summed E-state index contributed by atoms with van der Waals surface area (Å²) >= 11 is 1.46. The minimum atomic E-state index is 0.133. The zero-order valence-electron chi connectivity index (χ0n) is 16.0. The summed E-state index contributed by atoms with van der Waals surface area (Å²) in [5.74, 6) is 0.133. The Bertz CT molecular complexity index is 739. The molecular formula is C20H29N5OS. The molecule has 1 fully saturated rings. The van der Waals surface area contributed by atoms with Crippen LogP contribution in [0.25, 0.3) is 0 Å². The number of hydrogen-bond acceptors (Lipinski definition) is 6. The van der Waals surface area contributed by atoms with E-state index in [1.54, 1.807) is 0 Å². The Balaban J connectivity index is 1.28. The lowest BCUT2D eigenvalue weighted by Gasteiger charge is -2.36. The lowest BCUT2D eigenvalue weighted by atomic mass is 10.2. The van der Waals surface area contributed by atoms with Crippen LogP contribution in [0.2, 0.25) is 0 Å². The highest BCUT2D eigenvalue weighted by molar-refractivity contribution is 7.13. The van der Waals surface area contributed by atoms with Crippen molar-refractivity contribution in [1.29, 1.82) is 0 Å². The van der Waals surface area contributed by atoms with E-state index < -0.39 is 0 Å². The monoisotopic (exact) mass is 387 g/mol. The van der Waals surface area contributed by atoms with E-state index in [1.165, 1.54) is 22.6 Å². The van der Waals surface area contributed by atoms with Gasteiger partial charge in [0.15, 0.2) is 5.13 Å². The third kappa shape index (κ3) is 6.22. The summed E-state index contributed by atoms with van der Waals surface area (Å²) in [5, 5.41) is 5.60. The molecule has 146 valence electrons. The van der Waals surface area contributed by atoms with Crippen molar-refractivity contribution in [3.05, 3.63) is 40.9 Å². The number of aromatic nitrogens is 1. The highest BCUT2D eigenvalue weighted by Crippen LogP contribution is 2.17. The average Bonchev–Trinajstić information content (AvgIpc) is 3.09. The van der Waals surface area contributed by atoms with E-state index in [4.69, 9.17) is 5.73 Å². The Morgan fingerprint density at radius 3 is 2.81 bits per heavy atom. The topological polar surface area (TPSA) is 74.5 Å². The summed E-state index contributed by atoms with van der Waals surface area (Å²) in [6.45, 7) is 7.70. The number of amides is 1. The molecule has 0 radical (unpaired) electrons. The first-order valence-corrected chi connectivity index (χ1v) is 10.5. The molecule has 0 bridgehead atoms. The van der Waals surface area contributed by atoms with Crippen LogP contribution in [0, 0.1) is 6.92 Å². The van der Waals surface area contributed by atoms with E-state index in [0.29, 0.717) is 18.1 Å². The van der Waals surface area contributed by atoms with Gasteiger partial charge in [-0.1, -0.05) is 12.1 Å². The van der Waals surface area contributed by atoms with Crippen molar-refractivity contribution in [2.75, 3.05) is 49.9 Å². The van der Waals surface area contributed by atoms with Crippen LogP contribution >= 0.6 is 11.3 Å². The van der Waals surface area contributed by atoms with E-state index in [-0.39, 0.29) is 5.91 Å². The number of carbonyl (C=O) groups excluding carboxylic acids is 1. The molecule has 0 atom stereocenters. The van der Waals surface area contributed by atoms with Gasteiger partial charge in [-0.15, -0.1) is 11.3 Å². The van der Waals surface area contributed by atoms with Gasteiger partial charge in [-0.05, 0) is 37.5 Å². The number of nitrogens with one attached hydrogen (secondary N) is 1. The molecule has 3 N–H and O–H groups in total. The Kier molecular flexibility index (Phi) is 7.06. The molecule has 2 aromatic rings. The standard InChI is InChI=1S/C20H29N5OS/c1-16-4-2-6-18(14-16)25-12-10-24(11-13-25)9-7-19(26)22-8-3-5-17-15-27-20(21)23-17/h2,4,6,14-15H,3,5,7-13H2,1H3,(H2,21,23)(H,22,26). The second kappa shape index (κ2) is 9.71. The minimum absolute atomic E-state index is 0.133. The molecule has 3 rings (SSSR count). The maximum absolute atomic E-state index is 12.0. The van der Waals surface area contributed by atoms with Crippen LogP contribution in [0.15, 0.2) is 29.6 Å². The van der Waals surface area contributed by atoms with Gasteiger partial charge in [-0.25, -0.2) is 4.98 Å². The van der Waals surface area contributed by atoms with Crippen molar-refractivity contribution in [3.63, 3.8) is 0 Å². The molecule has 0 spiro atoms. The van der Waals surface area contributed by atoms with Gasteiger partial charge in [-0.2, -0.15) is 0 Å². The number of nitrogens with zero attached hydrogens (tertiary/aromatic N) is 3. The molecule has 2 heterocycles. The fourth-order valence-electron chi connectivity index (χ4n) is 3.34. The van der Waals surface area contributed by atoms with Crippen LogP contribution in [0.5, 0.6) is 0 Å². The lowest BCUT2D eigenvalue weighted by molar-refractivity contribution is -0.121. The molecule has 1 aromatic carbocycles. The Morgan fingerprint density at radius 2 is 2.11 bits per heavy atom. The number of nitrogens with two attached hydrogens (primary N) is 1. The van der Waals surface area contributed by atoms with Gasteiger partial charge in [0.05, 0.1) is 5.69 Å². The van der Waals surface area contributed by atoms with Crippen LogP contribution < -0.4 is 16.0 Å². The summed E-state index contributed by atoms with van der Waals surface area (Å²) in [6, 6.07) is 8.66. The molecule has 1 saturated heterocycles. The zero-order chi connectivity index (χ0) is 19.1. The molecular weight excluding hydrogens is 358 g/mol. The number of hydrogen-bond donors (Lipinski definition) is 2. The summed E-state index contributed by atoms with van der Waals surface area (Å²) in [5.41, 5.74) is 9.23. The summed E-state index contributed by atoms with van der Waals surface area (Å²) in [6.07, 6.45) is 2.31. The first-order chi connectivity index (χ1) is 13.1. The van der Waals surface area contributed by atoms with Crippen molar-refractivity contribution in [2.45, 2.75) is 26.2 Å². The summed E-state index contributed by atoms with van der Waals surface area (Å²) in [4.78, 5) is 21.1. The molecule has 7 heteroatoms. The predicted octanol–water partition coefficient (Wildman–Crippen LogP) is 2.29. The Hall–Kier alpha value is -2.12. The number of piperazine rings is 1. The molecule has 1 aromatic heterocycles. The number of thiazole rings is 1. The van der Waals surface area contributed by atoms with E-state index >= 15 is 0 Å². The lowest BCUT2D eigenvalue weighted by Crippen LogP contribution is -2.47. The smallest absolute Gasteiger partial charge is 0.221 e. The molecule has 0 unspecified atom stereocenters. The molecule has 1 aliphatic heterocycles. The van der Waals surface area contributed by atoms with Crippen molar-refractivity contribution >= 4 is 28.1 Å². The number of carbonyl (C=O) groups is 1. The predicted molar refractivity (Wildman–Crippen MR) is 112 cm³/mol. The largest absolute Gasteiger partial charge is 0.375 e. The van der Waals surface area contributed by atoms with Crippen molar-refractivity contribution in [1.82, 2.24) is 15.2 Å². The summed E-state index contributed by atoms with van der Waals surface area (Å²) in [7, 11) is 0. The number of rotatable bonds is 8. The van der Waals surface area contributed by atoms with Crippen LogP contribution in [0.4, 0.5) is 10.8 Å². The fraction of sp³-hybridized carbons (Fsp3) is 0.500. The first-order valence-electron chi connectivity index (χ1n) is 9.61. The van der Waals surface area contributed by atoms with E-state index in [2.05, 4.69) is 51.3 Å². The molecule has 27 heavy (non-hydrogen) atoms. The maximum atomic E-state index is 12.0. The van der Waals surface area contributed by atoms with Gasteiger partial charge in [-0.3, -0.25) is 9.69 Å². The van der Waals surface area contributed by atoms with Crippen molar-refractivity contribution in [2.24, 2.45) is 0 Å². The van der Waals surface area contributed by atoms with Gasteiger partial charge in [0, 0.05) is 56.8 Å². The molecule has 0 saturated carbocycles. The Labute approximate surface area is 165 Å².